The van der Waals surface area contributed by atoms with Crippen LogP contribution in [-0.2, 0) is 24.0 Å². The van der Waals surface area contributed by atoms with Crippen LogP contribution in [0.3, 0.4) is 0 Å². The van der Waals surface area contributed by atoms with Crippen molar-refractivity contribution in [2.24, 2.45) is 5.16 Å². The molecule has 0 spiro atoms. The number of amides is 2. The first-order valence-electron chi connectivity index (χ1n) is 6.19. The predicted molar refractivity (Wildman–Crippen MR) is 75.9 cm³/mol. The first-order valence-corrected chi connectivity index (χ1v) is 7.24. The lowest BCUT2D eigenvalue weighted by molar-refractivity contribution is -0.150. The Hall–Kier alpha value is -2.36. The molecule has 2 aliphatic rings. The fourth-order valence-electron chi connectivity index (χ4n) is 2.10. The highest BCUT2D eigenvalue weighted by Gasteiger charge is 2.53. The number of nitrogens with zero attached hydrogens (tertiary/aromatic N) is 2. The van der Waals surface area contributed by atoms with Crippen molar-refractivity contribution in [2.75, 3.05) is 12.9 Å². The average molecular weight is 327 g/mol. The first kappa shape index (κ1) is 16.0. The molecule has 1 unspecified atom stereocenters. The number of rotatable bonds is 5. The molecule has 0 bridgehead atoms. The molecule has 0 saturated carbocycles. The number of carboxylic acid groups (broad SMARTS) is 1. The molecule has 0 radical (unpaired) electrons. The molecule has 22 heavy (non-hydrogen) atoms. The summed E-state index contributed by atoms with van der Waals surface area (Å²) in [5.74, 6) is -2.77. The minimum atomic E-state index is -1.20. The van der Waals surface area contributed by atoms with Gasteiger partial charge in [-0.25, -0.2) is 4.79 Å². The van der Waals surface area contributed by atoms with Gasteiger partial charge < -0.3 is 15.3 Å². The Morgan fingerprint density at radius 2 is 2.18 bits per heavy atom. The van der Waals surface area contributed by atoms with Crippen molar-refractivity contribution in [3.63, 3.8) is 0 Å². The monoisotopic (exact) mass is 327 g/mol. The van der Waals surface area contributed by atoms with Crippen LogP contribution in [0.15, 0.2) is 16.9 Å². The van der Waals surface area contributed by atoms with Crippen LogP contribution in [0.1, 0.15) is 6.92 Å². The number of thioether (sulfide) groups is 1. The van der Waals surface area contributed by atoms with Crippen LogP contribution in [-0.4, -0.2) is 63.6 Å². The molecule has 0 aromatic carbocycles. The zero-order valence-electron chi connectivity index (χ0n) is 11.7. The summed E-state index contributed by atoms with van der Waals surface area (Å²) >= 11 is 1.32. The topological polar surface area (TPSA) is 125 Å². The molecule has 0 aromatic rings. The lowest BCUT2D eigenvalue weighted by atomic mass is 10.0. The van der Waals surface area contributed by atoms with Gasteiger partial charge in [-0.05, 0) is 6.08 Å². The van der Waals surface area contributed by atoms with Gasteiger partial charge in [-0.3, -0.25) is 19.3 Å². The highest BCUT2D eigenvalue weighted by Crippen LogP contribution is 2.37. The van der Waals surface area contributed by atoms with E-state index in [0.29, 0.717) is 5.75 Å². The summed E-state index contributed by atoms with van der Waals surface area (Å²) in [5, 5.41) is 14.2. The van der Waals surface area contributed by atoms with Crippen LogP contribution in [0.25, 0.3) is 0 Å². The van der Waals surface area contributed by atoms with Gasteiger partial charge in [0.2, 0.25) is 5.71 Å². The standard InChI is InChI=1S/C12H13N3O6S/c1-5(16)7(14-21-2)9(17)13-8-10(18)15-6(12(19)20)3-4-22-11(8)15/h3,8,11H,4H2,1-2H3,(H,13,17)(H,19,20)/b14-7-/t8?,11-/m0/s1. The Morgan fingerprint density at radius 3 is 2.73 bits per heavy atom. The number of hydrogen-bond donors (Lipinski definition) is 2. The summed E-state index contributed by atoms with van der Waals surface area (Å²) in [4.78, 5) is 51.9. The largest absolute Gasteiger partial charge is 0.477 e. The third kappa shape index (κ3) is 2.69. The number of carboxylic acids is 1. The van der Waals surface area contributed by atoms with E-state index in [9.17, 15) is 19.2 Å². The number of oxime groups is 1. The molecule has 0 aliphatic carbocycles. The first-order chi connectivity index (χ1) is 10.4. The van der Waals surface area contributed by atoms with E-state index in [2.05, 4.69) is 15.3 Å². The Labute approximate surface area is 129 Å². The molecule has 2 rings (SSSR count). The van der Waals surface area contributed by atoms with Crippen molar-refractivity contribution in [3.05, 3.63) is 11.8 Å². The van der Waals surface area contributed by atoms with Crippen LogP contribution in [0.2, 0.25) is 0 Å². The summed E-state index contributed by atoms with van der Waals surface area (Å²) in [6.07, 6.45) is 1.44. The highest BCUT2D eigenvalue weighted by atomic mass is 32.2. The molecule has 2 atom stereocenters. The molecule has 10 heteroatoms. The number of fused-ring (bicyclic) bond motifs is 1. The second kappa shape index (κ2) is 6.18. The molecule has 1 fully saturated rings. The Morgan fingerprint density at radius 1 is 1.50 bits per heavy atom. The maximum absolute atomic E-state index is 12.0. The molecule has 1 saturated heterocycles. The summed E-state index contributed by atoms with van der Waals surface area (Å²) in [5.41, 5.74) is -0.555. The van der Waals surface area contributed by atoms with Gasteiger partial charge >= 0.3 is 5.97 Å². The van der Waals surface area contributed by atoms with E-state index in [4.69, 9.17) is 5.11 Å². The Balaban J connectivity index is 2.11. The number of carbonyl (C=O) groups excluding carboxylic acids is 3. The van der Waals surface area contributed by atoms with E-state index in [0.717, 1.165) is 11.8 Å². The van der Waals surface area contributed by atoms with Gasteiger partial charge in [0.15, 0.2) is 5.78 Å². The van der Waals surface area contributed by atoms with Gasteiger partial charge in [-0.1, -0.05) is 5.16 Å². The summed E-state index contributed by atoms with van der Waals surface area (Å²) in [6.45, 7) is 1.15. The summed E-state index contributed by atoms with van der Waals surface area (Å²) in [6, 6.07) is -0.901. The minimum Gasteiger partial charge on any atom is -0.477 e. The molecule has 2 heterocycles. The lowest BCUT2D eigenvalue weighted by Gasteiger charge is -2.48. The summed E-state index contributed by atoms with van der Waals surface area (Å²) < 4.78 is 0. The van der Waals surface area contributed by atoms with Crippen molar-refractivity contribution < 1.29 is 29.1 Å². The van der Waals surface area contributed by atoms with Crippen LogP contribution >= 0.6 is 11.8 Å². The Kier molecular flexibility index (Phi) is 4.50. The second-order valence-corrected chi connectivity index (χ2v) is 5.61. The van der Waals surface area contributed by atoms with Gasteiger partial charge in [0.05, 0.1) is 0 Å². The smallest absolute Gasteiger partial charge is 0.352 e. The fourth-order valence-corrected chi connectivity index (χ4v) is 3.30. The third-order valence-electron chi connectivity index (χ3n) is 3.08. The third-order valence-corrected chi connectivity index (χ3v) is 4.27. The van der Waals surface area contributed by atoms with Crippen LogP contribution < -0.4 is 5.32 Å². The molecule has 9 nitrogen and oxygen atoms in total. The number of aliphatic carboxylic acids is 1. The lowest BCUT2D eigenvalue weighted by Crippen LogP contribution is -2.70. The second-order valence-electron chi connectivity index (χ2n) is 4.46. The maximum atomic E-state index is 12.0. The van der Waals surface area contributed by atoms with Crippen molar-refractivity contribution >= 4 is 41.0 Å². The number of β-lactam (4-membered cyclic amide) rings is 1. The van der Waals surface area contributed by atoms with Gasteiger partial charge in [0, 0.05) is 12.7 Å². The molecule has 0 aromatic heterocycles. The van der Waals surface area contributed by atoms with Crippen molar-refractivity contribution in [2.45, 2.75) is 18.3 Å². The van der Waals surface area contributed by atoms with Crippen LogP contribution in [0.5, 0.6) is 0 Å². The van der Waals surface area contributed by atoms with E-state index in [1.54, 1.807) is 0 Å². The van der Waals surface area contributed by atoms with Gasteiger partial charge in [-0.2, -0.15) is 0 Å². The maximum Gasteiger partial charge on any atom is 0.352 e. The zero-order chi connectivity index (χ0) is 16.4. The number of Topliss-reactive ketones (excluding diaryl/α,β-unsaturated/α-hetero) is 1. The average Bonchev–Trinajstić information content (AvgIpc) is 2.48. The number of hydrogen-bond acceptors (Lipinski definition) is 7. The molecule has 2 N–H and O–H groups in total. The van der Waals surface area contributed by atoms with E-state index in [1.165, 1.54) is 24.9 Å². The number of nitrogens with one attached hydrogen (secondary N) is 1. The number of carbonyl (C=O) groups is 4. The predicted octanol–water partition coefficient (Wildman–Crippen LogP) is -1.05. The van der Waals surface area contributed by atoms with E-state index >= 15 is 0 Å². The highest BCUT2D eigenvalue weighted by molar-refractivity contribution is 8.00. The molecule has 118 valence electrons. The fraction of sp³-hybridized carbons (Fsp3) is 0.417. The van der Waals surface area contributed by atoms with Gasteiger partial charge in [0.25, 0.3) is 11.8 Å². The SMILES string of the molecule is CO/N=C(/C(C)=O)C(=O)NC1C(=O)N2C(C(=O)O)=CCS[C@@H]12. The molecular weight excluding hydrogens is 314 g/mol. The zero-order valence-corrected chi connectivity index (χ0v) is 12.5. The van der Waals surface area contributed by atoms with Gasteiger partial charge in [0.1, 0.15) is 24.2 Å². The van der Waals surface area contributed by atoms with E-state index < -0.39 is 40.7 Å². The van der Waals surface area contributed by atoms with Gasteiger partial charge in [-0.15, -0.1) is 11.8 Å². The quantitative estimate of drug-likeness (QED) is 0.285. The van der Waals surface area contributed by atoms with Crippen molar-refractivity contribution in [1.82, 2.24) is 10.2 Å². The minimum absolute atomic E-state index is 0.100. The van der Waals surface area contributed by atoms with Crippen molar-refractivity contribution in [1.29, 1.82) is 0 Å². The Bertz CT molecular complexity index is 614. The van der Waals surface area contributed by atoms with Crippen LogP contribution in [0, 0.1) is 0 Å². The summed E-state index contributed by atoms with van der Waals surface area (Å²) in [7, 11) is 1.19. The van der Waals surface area contributed by atoms with E-state index in [1.807, 2.05) is 0 Å². The van der Waals surface area contributed by atoms with Crippen LogP contribution in [0.4, 0.5) is 0 Å². The molecule has 2 aliphatic heterocycles. The van der Waals surface area contributed by atoms with Crippen molar-refractivity contribution in [3.8, 4) is 0 Å². The molecule has 2 amide bonds. The molecular formula is C12H13N3O6S. The van der Waals surface area contributed by atoms with E-state index in [-0.39, 0.29) is 5.70 Å². The number of ketones is 1. The normalized spacial score (nSPS) is 23.9.